The second kappa shape index (κ2) is 7.17. The number of fused-ring (bicyclic) bond motifs is 1. The van der Waals surface area contributed by atoms with Gasteiger partial charge in [0.15, 0.2) is 5.67 Å². The number of carbonyl (C=O) groups is 1. The van der Waals surface area contributed by atoms with E-state index in [-0.39, 0.29) is 31.0 Å². The SMILES string of the molecule is CN(C)CC1(F)CN(C(=O)N2CCc3ccccc3[C@@H]2c2ccc(F)cc2)C1. The van der Waals surface area contributed by atoms with Crippen molar-refractivity contribution in [1.29, 1.82) is 0 Å². The van der Waals surface area contributed by atoms with Crippen molar-refractivity contribution in [3.8, 4) is 0 Å². The first-order valence-corrected chi connectivity index (χ1v) is 9.59. The van der Waals surface area contributed by atoms with Crippen molar-refractivity contribution >= 4 is 6.03 Å². The molecule has 0 saturated carbocycles. The average Bonchev–Trinajstić information content (AvgIpc) is 2.65. The van der Waals surface area contributed by atoms with Crippen molar-refractivity contribution in [1.82, 2.24) is 14.7 Å². The van der Waals surface area contributed by atoms with E-state index in [1.807, 2.05) is 32.3 Å². The topological polar surface area (TPSA) is 26.8 Å². The fourth-order valence-corrected chi connectivity index (χ4v) is 4.40. The van der Waals surface area contributed by atoms with Gasteiger partial charge in [-0.05, 0) is 49.3 Å². The third-order valence-electron chi connectivity index (χ3n) is 5.53. The second-order valence-electron chi connectivity index (χ2n) is 8.12. The van der Waals surface area contributed by atoms with Gasteiger partial charge in [0.25, 0.3) is 0 Å². The van der Waals surface area contributed by atoms with E-state index in [4.69, 9.17) is 0 Å². The molecule has 1 saturated heterocycles. The summed E-state index contributed by atoms with van der Waals surface area (Å²) in [5.41, 5.74) is 1.76. The van der Waals surface area contributed by atoms with Crippen LogP contribution in [0.2, 0.25) is 0 Å². The van der Waals surface area contributed by atoms with Gasteiger partial charge in [-0.3, -0.25) is 0 Å². The van der Waals surface area contributed by atoms with Crippen LogP contribution in [0.25, 0.3) is 0 Å². The monoisotopic (exact) mass is 385 g/mol. The smallest absolute Gasteiger partial charge is 0.318 e. The number of amides is 2. The molecule has 0 unspecified atom stereocenters. The first kappa shape index (κ1) is 18.9. The van der Waals surface area contributed by atoms with Crippen LogP contribution in [0, 0.1) is 5.82 Å². The normalized spacial score (nSPS) is 20.7. The predicted molar refractivity (Wildman–Crippen MR) is 104 cm³/mol. The molecule has 2 aliphatic heterocycles. The lowest BCUT2D eigenvalue weighted by atomic mass is 9.88. The van der Waals surface area contributed by atoms with Gasteiger partial charge in [-0.25, -0.2) is 13.6 Å². The van der Waals surface area contributed by atoms with E-state index >= 15 is 0 Å². The highest BCUT2D eigenvalue weighted by atomic mass is 19.1. The van der Waals surface area contributed by atoms with Crippen LogP contribution in [-0.2, 0) is 6.42 Å². The average molecular weight is 385 g/mol. The quantitative estimate of drug-likeness (QED) is 0.809. The maximum Gasteiger partial charge on any atom is 0.321 e. The van der Waals surface area contributed by atoms with Gasteiger partial charge in [-0.1, -0.05) is 36.4 Å². The minimum Gasteiger partial charge on any atom is -0.318 e. The molecule has 0 radical (unpaired) electrons. The van der Waals surface area contributed by atoms with E-state index in [9.17, 15) is 13.6 Å². The molecule has 0 bridgehead atoms. The molecule has 28 heavy (non-hydrogen) atoms. The molecule has 1 atom stereocenters. The number of benzene rings is 2. The van der Waals surface area contributed by atoms with Crippen molar-refractivity contribution in [3.63, 3.8) is 0 Å². The summed E-state index contributed by atoms with van der Waals surface area (Å²) in [6, 6.07) is 13.9. The van der Waals surface area contributed by atoms with Crippen LogP contribution in [-0.4, -0.2) is 66.7 Å². The summed E-state index contributed by atoms with van der Waals surface area (Å²) in [6.07, 6.45) is 0.756. The Morgan fingerprint density at radius 3 is 2.50 bits per heavy atom. The van der Waals surface area contributed by atoms with Gasteiger partial charge >= 0.3 is 6.03 Å². The van der Waals surface area contributed by atoms with Crippen LogP contribution in [0.4, 0.5) is 13.6 Å². The first-order valence-electron chi connectivity index (χ1n) is 9.59. The molecule has 0 aromatic heterocycles. The van der Waals surface area contributed by atoms with Crippen LogP contribution in [0.1, 0.15) is 22.7 Å². The first-order chi connectivity index (χ1) is 13.4. The van der Waals surface area contributed by atoms with Crippen LogP contribution < -0.4 is 0 Å². The highest BCUT2D eigenvalue weighted by molar-refractivity contribution is 5.77. The van der Waals surface area contributed by atoms with Gasteiger partial charge in [0.1, 0.15) is 5.82 Å². The number of carbonyl (C=O) groups excluding carboxylic acids is 1. The van der Waals surface area contributed by atoms with Crippen LogP contribution in [0.15, 0.2) is 48.5 Å². The molecule has 0 spiro atoms. The standard InChI is InChI=1S/C22H25F2N3O/c1-25(2)13-22(24)14-26(15-22)21(28)27-12-11-16-5-3-4-6-19(16)20(27)17-7-9-18(23)10-8-17/h3-10,20H,11-15H2,1-2H3/t20-/m0/s1. The number of halogens is 2. The molecule has 2 aromatic carbocycles. The van der Waals surface area contributed by atoms with Gasteiger partial charge in [0.2, 0.25) is 0 Å². The van der Waals surface area contributed by atoms with E-state index in [2.05, 4.69) is 6.07 Å². The summed E-state index contributed by atoms with van der Waals surface area (Å²) in [5, 5.41) is 0. The Labute approximate surface area is 164 Å². The molecular formula is C22H25F2N3O. The predicted octanol–water partition coefficient (Wildman–Crippen LogP) is 3.48. The Bertz CT molecular complexity index is 862. The molecular weight excluding hydrogens is 360 g/mol. The Morgan fingerprint density at radius 2 is 1.82 bits per heavy atom. The molecule has 148 valence electrons. The summed E-state index contributed by atoms with van der Waals surface area (Å²) >= 11 is 0. The van der Waals surface area contributed by atoms with Crippen molar-refractivity contribution in [2.45, 2.75) is 18.1 Å². The third-order valence-corrected chi connectivity index (χ3v) is 5.53. The molecule has 2 aromatic rings. The van der Waals surface area contributed by atoms with Gasteiger partial charge in [0.05, 0.1) is 19.1 Å². The summed E-state index contributed by atoms with van der Waals surface area (Å²) in [7, 11) is 3.66. The van der Waals surface area contributed by atoms with Crippen molar-refractivity contribution in [2.24, 2.45) is 0 Å². The minimum atomic E-state index is -1.35. The van der Waals surface area contributed by atoms with Gasteiger partial charge in [-0.2, -0.15) is 0 Å². The number of urea groups is 1. The highest BCUT2D eigenvalue weighted by Crippen LogP contribution is 2.37. The molecule has 2 amide bonds. The Kier molecular flexibility index (Phi) is 4.83. The number of rotatable bonds is 3. The van der Waals surface area contributed by atoms with Crippen molar-refractivity contribution in [2.75, 3.05) is 40.3 Å². The lowest BCUT2D eigenvalue weighted by Crippen LogP contribution is -2.67. The zero-order valence-electron chi connectivity index (χ0n) is 16.2. The lowest BCUT2D eigenvalue weighted by Gasteiger charge is -2.49. The zero-order valence-corrected chi connectivity index (χ0v) is 16.2. The van der Waals surface area contributed by atoms with Gasteiger partial charge in [0, 0.05) is 13.1 Å². The number of alkyl halides is 1. The molecule has 2 aliphatic rings. The molecule has 0 N–H and O–H groups in total. The van der Waals surface area contributed by atoms with E-state index in [1.54, 1.807) is 26.8 Å². The minimum absolute atomic E-state index is 0.109. The fraction of sp³-hybridized carbons (Fsp3) is 0.409. The zero-order chi connectivity index (χ0) is 19.9. The van der Waals surface area contributed by atoms with Crippen molar-refractivity contribution in [3.05, 3.63) is 71.0 Å². The molecule has 4 nitrogen and oxygen atoms in total. The van der Waals surface area contributed by atoms with Crippen LogP contribution in [0.3, 0.4) is 0 Å². The van der Waals surface area contributed by atoms with Gasteiger partial charge < -0.3 is 14.7 Å². The summed E-state index contributed by atoms with van der Waals surface area (Å²) < 4.78 is 28.2. The third kappa shape index (κ3) is 3.49. The molecule has 4 rings (SSSR count). The number of hydrogen-bond donors (Lipinski definition) is 0. The molecule has 6 heteroatoms. The van der Waals surface area contributed by atoms with E-state index < -0.39 is 5.67 Å². The number of likely N-dealkylation sites (tertiary alicyclic amines) is 1. The Morgan fingerprint density at radius 1 is 1.14 bits per heavy atom. The highest BCUT2D eigenvalue weighted by Gasteiger charge is 2.48. The van der Waals surface area contributed by atoms with E-state index in [1.165, 1.54) is 17.7 Å². The van der Waals surface area contributed by atoms with E-state index in [0.717, 1.165) is 17.5 Å². The Balaban J connectivity index is 1.61. The summed E-state index contributed by atoms with van der Waals surface area (Å²) in [5.74, 6) is -0.306. The summed E-state index contributed by atoms with van der Waals surface area (Å²) in [4.78, 5) is 18.4. The second-order valence-corrected chi connectivity index (χ2v) is 8.12. The summed E-state index contributed by atoms with van der Waals surface area (Å²) in [6.45, 7) is 1.08. The lowest BCUT2D eigenvalue weighted by molar-refractivity contribution is -0.0320. The van der Waals surface area contributed by atoms with Crippen LogP contribution in [0.5, 0.6) is 0 Å². The Hall–Kier alpha value is -2.47. The largest absolute Gasteiger partial charge is 0.321 e. The maximum absolute atomic E-state index is 14.7. The molecule has 1 fully saturated rings. The fourth-order valence-electron chi connectivity index (χ4n) is 4.40. The van der Waals surface area contributed by atoms with Crippen molar-refractivity contribution < 1.29 is 13.6 Å². The van der Waals surface area contributed by atoms with Gasteiger partial charge in [-0.15, -0.1) is 0 Å². The number of hydrogen-bond acceptors (Lipinski definition) is 2. The van der Waals surface area contributed by atoms with E-state index in [0.29, 0.717) is 13.1 Å². The number of nitrogens with zero attached hydrogens (tertiary/aromatic N) is 3. The van der Waals surface area contributed by atoms with Crippen LogP contribution >= 0.6 is 0 Å². The molecule has 2 heterocycles. The molecule has 0 aliphatic carbocycles. The maximum atomic E-state index is 14.7.